The molecule has 0 saturated heterocycles. The van der Waals surface area contributed by atoms with Crippen LogP contribution in [0.4, 0.5) is 0 Å². The van der Waals surface area contributed by atoms with Crippen LogP contribution in [0, 0.1) is 0 Å². The molecule has 1 aliphatic heterocycles. The van der Waals surface area contributed by atoms with Gasteiger partial charge in [-0.3, -0.25) is 19.3 Å². The van der Waals surface area contributed by atoms with Crippen LogP contribution in [0.2, 0.25) is 0 Å². The maximum atomic E-state index is 12.4. The van der Waals surface area contributed by atoms with Crippen molar-refractivity contribution in [1.82, 2.24) is 10.2 Å². The van der Waals surface area contributed by atoms with E-state index in [1.807, 2.05) is 6.92 Å². The standard InChI is InChI=1S/C19H22N2O5/c1-4-6-10-21-17(23)14-8-7-13(11-15(14)18(21)24)19(25)26-12(3)16(22)20-9-5-2/h5,7-8,11-12H,2,4,6,9-10H2,1,3H3,(H,20,22)/t12-/m0/s1. The van der Waals surface area contributed by atoms with E-state index in [1.165, 1.54) is 36.1 Å². The number of carbonyl (C=O) groups is 4. The van der Waals surface area contributed by atoms with Crippen LogP contribution in [0.5, 0.6) is 0 Å². The summed E-state index contributed by atoms with van der Waals surface area (Å²) in [7, 11) is 0. The molecule has 1 heterocycles. The number of benzene rings is 1. The van der Waals surface area contributed by atoms with Crippen molar-refractivity contribution < 1.29 is 23.9 Å². The van der Waals surface area contributed by atoms with E-state index in [0.717, 1.165) is 12.8 Å². The molecule has 0 unspecified atom stereocenters. The van der Waals surface area contributed by atoms with Crippen molar-refractivity contribution in [2.45, 2.75) is 32.8 Å². The third-order valence-corrected chi connectivity index (χ3v) is 4.02. The Hall–Kier alpha value is -2.96. The van der Waals surface area contributed by atoms with Crippen molar-refractivity contribution in [2.75, 3.05) is 13.1 Å². The summed E-state index contributed by atoms with van der Waals surface area (Å²) < 4.78 is 5.11. The first-order valence-electron chi connectivity index (χ1n) is 8.50. The number of amides is 3. The fraction of sp³-hybridized carbons (Fsp3) is 0.368. The van der Waals surface area contributed by atoms with Crippen LogP contribution in [0.15, 0.2) is 30.9 Å². The molecule has 26 heavy (non-hydrogen) atoms. The Morgan fingerprint density at radius 1 is 1.27 bits per heavy atom. The molecule has 0 fully saturated rings. The number of nitrogens with one attached hydrogen (secondary N) is 1. The van der Waals surface area contributed by atoms with Gasteiger partial charge in [-0.05, 0) is 31.5 Å². The van der Waals surface area contributed by atoms with Crippen LogP contribution in [0.3, 0.4) is 0 Å². The van der Waals surface area contributed by atoms with E-state index in [0.29, 0.717) is 6.54 Å². The van der Waals surface area contributed by atoms with Crippen LogP contribution >= 0.6 is 0 Å². The quantitative estimate of drug-likeness (QED) is 0.435. The van der Waals surface area contributed by atoms with Crippen LogP contribution < -0.4 is 5.32 Å². The Morgan fingerprint density at radius 2 is 1.96 bits per heavy atom. The molecule has 7 heteroatoms. The molecule has 138 valence electrons. The third-order valence-electron chi connectivity index (χ3n) is 4.02. The van der Waals surface area contributed by atoms with Gasteiger partial charge in [0.25, 0.3) is 17.7 Å². The van der Waals surface area contributed by atoms with Crippen LogP contribution in [-0.2, 0) is 9.53 Å². The highest BCUT2D eigenvalue weighted by Crippen LogP contribution is 2.24. The summed E-state index contributed by atoms with van der Waals surface area (Å²) in [5.41, 5.74) is 0.578. The lowest BCUT2D eigenvalue weighted by Gasteiger charge is -2.13. The second kappa shape index (κ2) is 8.42. The van der Waals surface area contributed by atoms with Gasteiger partial charge in [0.2, 0.25) is 0 Å². The maximum absolute atomic E-state index is 12.4. The van der Waals surface area contributed by atoms with E-state index in [-0.39, 0.29) is 29.1 Å². The zero-order valence-electron chi connectivity index (χ0n) is 14.9. The number of nitrogens with zero attached hydrogens (tertiary/aromatic N) is 1. The first-order chi connectivity index (χ1) is 12.4. The van der Waals surface area contributed by atoms with Gasteiger partial charge in [0.05, 0.1) is 16.7 Å². The highest BCUT2D eigenvalue weighted by molar-refractivity contribution is 6.22. The number of imide groups is 1. The average molecular weight is 358 g/mol. The lowest BCUT2D eigenvalue weighted by Crippen LogP contribution is -2.35. The summed E-state index contributed by atoms with van der Waals surface area (Å²) in [4.78, 5) is 49.9. The topological polar surface area (TPSA) is 92.8 Å². The molecular formula is C19H22N2O5. The van der Waals surface area contributed by atoms with Crippen LogP contribution in [-0.4, -0.2) is 47.8 Å². The number of hydrogen-bond donors (Lipinski definition) is 1. The van der Waals surface area contributed by atoms with E-state index in [9.17, 15) is 19.2 Å². The van der Waals surface area contributed by atoms with Gasteiger partial charge in [-0.15, -0.1) is 6.58 Å². The molecule has 1 aromatic carbocycles. The van der Waals surface area contributed by atoms with Gasteiger partial charge in [-0.1, -0.05) is 19.4 Å². The van der Waals surface area contributed by atoms with Gasteiger partial charge in [-0.25, -0.2) is 4.79 Å². The van der Waals surface area contributed by atoms with Gasteiger partial charge in [0, 0.05) is 13.1 Å². The minimum Gasteiger partial charge on any atom is -0.449 e. The average Bonchev–Trinajstić information content (AvgIpc) is 2.87. The Kier molecular flexibility index (Phi) is 6.27. The second-order valence-corrected chi connectivity index (χ2v) is 5.96. The lowest BCUT2D eigenvalue weighted by atomic mass is 10.1. The zero-order chi connectivity index (χ0) is 19.3. The summed E-state index contributed by atoms with van der Waals surface area (Å²) in [6.07, 6.45) is 2.10. The Labute approximate surface area is 152 Å². The zero-order valence-corrected chi connectivity index (χ0v) is 14.9. The summed E-state index contributed by atoms with van der Waals surface area (Å²) in [6, 6.07) is 4.21. The SMILES string of the molecule is C=CCNC(=O)[C@H](C)OC(=O)c1ccc2c(c1)C(=O)N(CCCC)C2=O. The molecule has 1 N–H and O–H groups in total. The molecule has 3 amide bonds. The van der Waals surface area contributed by atoms with Crippen molar-refractivity contribution in [3.63, 3.8) is 0 Å². The highest BCUT2D eigenvalue weighted by atomic mass is 16.5. The molecule has 1 aromatic rings. The van der Waals surface area contributed by atoms with Crippen molar-refractivity contribution in [3.8, 4) is 0 Å². The number of carbonyl (C=O) groups excluding carboxylic acids is 4. The molecule has 0 aromatic heterocycles. The molecule has 2 rings (SSSR count). The smallest absolute Gasteiger partial charge is 0.338 e. The molecule has 0 radical (unpaired) electrons. The number of fused-ring (bicyclic) bond motifs is 1. The van der Waals surface area contributed by atoms with E-state index in [4.69, 9.17) is 4.74 Å². The van der Waals surface area contributed by atoms with E-state index in [2.05, 4.69) is 11.9 Å². The molecular weight excluding hydrogens is 336 g/mol. The summed E-state index contributed by atoms with van der Waals surface area (Å²) in [5, 5.41) is 2.53. The van der Waals surface area contributed by atoms with E-state index < -0.39 is 23.9 Å². The summed E-state index contributed by atoms with van der Waals surface area (Å²) >= 11 is 0. The highest BCUT2D eigenvalue weighted by Gasteiger charge is 2.35. The second-order valence-electron chi connectivity index (χ2n) is 5.96. The predicted octanol–water partition coefficient (Wildman–Crippen LogP) is 1.93. The van der Waals surface area contributed by atoms with E-state index >= 15 is 0 Å². The van der Waals surface area contributed by atoms with E-state index in [1.54, 1.807) is 0 Å². The summed E-state index contributed by atoms with van der Waals surface area (Å²) in [6.45, 7) is 7.52. The first-order valence-corrected chi connectivity index (χ1v) is 8.50. The number of unbranched alkanes of at least 4 members (excludes halogenated alkanes) is 1. The van der Waals surface area contributed by atoms with Crippen molar-refractivity contribution in [3.05, 3.63) is 47.5 Å². The largest absolute Gasteiger partial charge is 0.449 e. The summed E-state index contributed by atoms with van der Waals surface area (Å²) in [5.74, 6) is -1.95. The lowest BCUT2D eigenvalue weighted by molar-refractivity contribution is -0.128. The molecule has 1 aliphatic rings. The normalized spacial score (nSPS) is 14.0. The molecule has 1 atom stereocenters. The van der Waals surface area contributed by atoms with Gasteiger partial charge >= 0.3 is 5.97 Å². The molecule has 0 bridgehead atoms. The van der Waals surface area contributed by atoms with Crippen LogP contribution in [0.25, 0.3) is 0 Å². The van der Waals surface area contributed by atoms with Gasteiger partial charge in [-0.2, -0.15) is 0 Å². The van der Waals surface area contributed by atoms with Crippen molar-refractivity contribution >= 4 is 23.7 Å². The fourth-order valence-corrected chi connectivity index (χ4v) is 2.54. The minimum absolute atomic E-state index is 0.116. The number of ether oxygens (including phenoxy) is 1. The molecule has 7 nitrogen and oxygen atoms in total. The van der Waals surface area contributed by atoms with Gasteiger partial charge in [0.15, 0.2) is 6.10 Å². The van der Waals surface area contributed by atoms with Crippen molar-refractivity contribution in [2.24, 2.45) is 0 Å². The Morgan fingerprint density at radius 3 is 2.62 bits per heavy atom. The van der Waals surface area contributed by atoms with Crippen molar-refractivity contribution in [1.29, 1.82) is 0 Å². The maximum Gasteiger partial charge on any atom is 0.338 e. The monoisotopic (exact) mass is 358 g/mol. The number of esters is 1. The molecule has 0 aliphatic carbocycles. The fourth-order valence-electron chi connectivity index (χ4n) is 2.54. The Bertz CT molecular complexity index is 756. The number of rotatable bonds is 8. The van der Waals surface area contributed by atoms with Gasteiger partial charge < -0.3 is 10.1 Å². The Balaban J connectivity index is 2.12. The number of hydrogen-bond acceptors (Lipinski definition) is 5. The molecule has 0 saturated carbocycles. The molecule has 0 spiro atoms. The third kappa shape index (κ3) is 3.99. The minimum atomic E-state index is -0.992. The van der Waals surface area contributed by atoms with Crippen LogP contribution in [0.1, 0.15) is 57.8 Å². The predicted molar refractivity (Wildman–Crippen MR) is 94.8 cm³/mol. The first kappa shape index (κ1) is 19.4. The van der Waals surface area contributed by atoms with Gasteiger partial charge in [0.1, 0.15) is 0 Å².